The van der Waals surface area contributed by atoms with Crippen molar-refractivity contribution < 1.29 is 28.2 Å². The van der Waals surface area contributed by atoms with Crippen LogP contribution in [-0.2, 0) is 10.7 Å². The smallest absolute Gasteiger partial charge is 0.314 e. The largest absolute Gasteiger partial charge is 0.415 e. The number of rotatable bonds is 6. The number of anilines is 1. The molecule has 4 rings (SSSR count). The first-order chi connectivity index (χ1) is 15.2. The molecule has 0 aliphatic heterocycles. The maximum Gasteiger partial charge on any atom is 0.314 e. The molecule has 3 N–H and O–H groups in total. The van der Waals surface area contributed by atoms with Gasteiger partial charge in [-0.05, 0) is 24.3 Å². The molecule has 2 heterocycles. The number of aliphatic hydroxyl groups is 2. The Kier molecular flexibility index (Phi) is 5.47. The molecule has 0 aliphatic rings. The average Bonchev–Trinajstić information content (AvgIpc) is 3.44. The van der Waals surface area contributed by atoms with E-state index in [2.05, 4.69) is 25.8 Å². The van der Waals surface area contributed by atoms with E-state index in [9.17, 15) is 23.8 Å². The summed E-state index contributed by atoms with van der Waals surface area (Å²) < 4.78 is 30.9. The lowest BCUT2D eigenvalue weighted by molar-refractivity contribution is -0.201. The second kappa shape index (κ2) is 8.24. The summed E-state index contributed by atoms with van der Waals surface area (Å²) in [5.74, 6) is -3.72. The summed E-state index contributed by atoms with van der Waals surface area (Å²) in [4.78, 5) is 11.2. The highest BCUT2D eigenvalue weighted by molar-refractivity contribution is 5.89. The lowest BCUT2D eigenvalue weighted by Crippen LogP contribution is -2.34. The van der Waals surface area contributed by atoms with Crippen molar-refractivity contribution >= 4 is 11.6 Å². The van der Waals surface area contributed by atoms with Gasteiger partial charge in [0.05, 0.1) is 6.20 Å². The van der Waals surface area contributed by atoms with Gasteiger partial charge < -0.3 is 19.9 Å². The van der Waals surface area contributed by atoms with Gasteiger partial charge in [-0.1, -0.05) is 29.5 Å². The van der Waals surface area contributed by atoms with E-state index >= 15 is 0 Å². The molecule has 0 radical (unpaired) electrons. The molecule has 10 nitrogen and oxygen atoms in total. The van der Waals surface area contributed by atoms with Crippen LogP contribution in [0.25, 0.3) is 22.7 Å². The number of amides is 1. The fourth-order valence-electron chi connectivity index (χ4n) is 2.92. The molecule has 0 saturated carbocycles. The summed E-state index contributed by atoms with van der Waals surface area (Å²) in [6.07, 6.45) is -1.56. The Morgan fingerprint density at radius 1 is 1.09 bits per heavy atom. The fourth-order valence-corrected chi connectivity index (χ4v) is 2.92. The van der Waals surface area contributed by atoms with E-state index in [1.807, 2.05) is 0 Å². The van der Waals surface area contributed by atoms with Crippen LogP contribution in [0.15, 0.2) is 59.1 Å². The van der Waals surface area contributed by atoms with E-state index in [1.165, 1.54) is 37.4 Å². The Bertz CT molecular complexity index is 1250. The van der Waals surface area contributed by atoms with Gasteiger partial charge in [0.15, 0.2) is 0 Å². The number of nitrogens with zero attached hydrogens (tertiary/aromatic N) is 5. The van der Waals surface area contributed by atoms with Crippen molar-refractivity contribution in [3.63, 3.8) is 0 Å². The van der Waals surface area contributed by atoms with Crippen LogP contribution in [0.1, 0.15) is 24.8 Å². The number of halogens is 2. The number of aromatic nitrogens is 5. The van der Waals surface area contributed by atoms with Crippen LogP contribution in [0.3, 0.4) is 0 Å². The summed E-state index contributed by atoms with van der Waals surface area (Å²) in [5, 5.41) is 38.5. The average molecular weight is 442 g/mol. The molecule has 12 heteroatoms. The zero-order chi connectivity index (χ0) is 22.9. The van der Waals surface area contributed by atoms with Gasteiger partial charge in [-0.2, -0.15) is 13.5 Å². The number of benzene rings is 2. The summed E-state index contributed by atoms with van der Waals surface area (Å²) in [6, 6.07) is 12.3. The van der Waals surface area contributed by atoms with Crippen LogP contribution in [0.2, 0.25) is 0 Å². The van der Waals surface area contributed by atoms with Gasteiger partial charge in [-0.15, -0.1) is 15.3 Å². The first-order valence-electron chi connectivity index (χ1n) is 9.22. The highest BCUT2D eigenvalue weighted by atomic mass is 19.3. The molecule has 0 fully saturated rings. The molecule has 0 bridgehead atoms. The number of hydrogen-bond donors (Lipinski definition) is 3. The summed E-state index contributed by atoms with van der Waals surface area (Å²) >= 11 is 0. The summed E-state index contributed by atoms with van der Waals surface area (Å²) in [7, 11) is 0. The second-order valence-electron chi connectivity index (χ2n) is 6.77. The highest BCUT2D eigenvalue weighted by Gasteiger charge is 2.30. The Balaban J connectivity index is 1.57. The Hall–Kier alpha value is -4.03. The van der Waals surface area contributed by atoms with Gasteiger partial charge in [0.1, 0.15) is 5.69 Å². The number of alkyl halides is 2. The van der Waals surface area contributed by atoms with Crippen molar-refractivity contribution in [3.8, 4) is 22.7 Å². The van der Waals surface area contributed by atoms with Gasteiger partial charge in [0.2, 0.25) is 11.8 Å². The maximum atomic E-state index is 12.6. The molecule has 0 spiro atoms. The first kappa shape index (κ1) is 21.2. The highest BCUT2D eigenvalue weighted by Crippen LogP contribution is 2.28. The molecular formula is C20H16F2N6O4. The lowest BCUT2D eigenvalue weighted by Gasteiger charge is -2.21. The van der Waals surface area contributed by atoms with Gasteiger partial charge >= 0.3 is 6.43 Å². The van der Waals surface area contributed by atoms with E-state index in [0.29, 0.717) is 22.5 Å². The monoisotopic (exact) mass is 442 g/mol. The molecule has 0 atom stereocenters. The molecule has 164 valence electrons. The third kappa shape index (κ3) is 4.22. The van der Waals surface area contributed by atoms with Gasteiger partial charge in [0.25, 0.3) is 11.8 Å². The number of carbonyl (C=O) groups is 1. The molecule has 2 aromatic carbocycles. The molecule has 1 amide bonds. The number of hydrogen-bond acceptors (Lipinski definition) is 8. The molecular weight excluding hydrogens is 426 g/mol. The standard InChI is InChI=1S/C20H16F2N6O4/c1-11(29)23-15-4-2-3-13(9-15)16-10-28(27-24-16)20(30,31)14-7-5-12(6-8-14)18-25-26-19(32-18)17(21)22/h2-10,17,30-31H,1H3,(H,23,29). The fraction of sp³-hybridized carbons (Fsp3) is 0.150. The topological polar surface area (TPSA) is 139 Å². The zero-order valence-corrected chi connectivity index (χ0v) is 16.5. The van der Waals surface area contributed by atoms with Crippen LogP contribution in [0, 0.1) is 0 Å². The minimum absolute atomic E-state index is 0.0262. The van der Waals surface area contributed by atoms with Crippen molar-refractivity contribution in [2.24, 2.45) is 0 Å². The van der Waals surface area contributed by atoms with Crippen LogP contribution in [0.5, 0.6) is 0 Å². The predicted octanol–water partition coefficient (Wildman–Crippen LogP) is 2.53. The third-order valence-electron chi connectivity index (χ3n) is 4.44. The molecule has 2 aromatic heterocycles. The second-order valence-corrected chi connectivity index (χ2v) is 6.77. The first-order valence-corrected chi connectivity index (χ1v) is 9.22. The van der Waals surface area contributed by atoms with E-state index in [1.54, 1.807) is 24.3 Å². The third-order valence-corrected chi connectivity index (χ3v) is 4.44. The quantitative estimate of drug-likeness (QED) is 0.387. The van der Waals surface area contributed by atoms with Crippen LogP contribution in [0.4, 0.5) is 14.5 Å². The molecule has 0 saturated heterocycles. The van der Waals surface area contributed by atoms with Gasteiger partial charge in [-0.3, -0.25) is 4.79 Å². The lowest BCUT2D eigenvalue weighted by atomic mass is 10.1. The van der Waals surface area contributed by atoms with Crippen LogP contribution >= 0.6 is 0 Å². The minimum Gasteiger partial charge on any atom is -0.415 e. The molecule has 0 aliphatic carbocycles. The van der Waals surface area contributed by atoms with E-state index in [0.717, 1.165) is 4.68 Å². The maximum absolute atomic E-state index is 12.6. The molecule has 32 heavy (non-hydrogen) atoms. The minimum atomic E-state index is -2.89. The van der Waals surface area contributed by atoms with E-state index < -0.39 is 18.2 Å². The van der Waals surface area contributed by atoms with Gasteiger partial charge in [-0.25, -0.2) is 0 Å². The summed E-state index contributed by atoms with van der Waals surface area (Å²) in [6.45, 7) is 1.39. The van der Waals surface area contributed by atoms with Crippen LogP contribution < -0.4 is 5.32 Å². The molecule has 0 unspecified atom stereocenters. The van der Waals surface area contributed by atoms with Crippen molar-refractivity contribution in [1.82, 2.24) is 25.2 Å². The van der Waals surface area contributed by atoms with Crippen molar-refractivity contribution in [2.75, 3.05) is 5.32 Å². The van der Waals surface area contributed by atoms with Crippen molar-refractivity contribution in [2.45, 2.75) is 19.3 Å². The molecule has 4 aromatic rings. The number of carbonyl (C=O) groups excluding carboxylic acids is 1. The Labute approximate surface area is 179 Å². The van der Waals surface area contributed by atoms with Crippen LogP contribution in [-0.4, -0.2) is 41.3 Å². The zero-order valence-electron chi connectivity index (χ0n) is 16.5. The Morgan fingerprint density at radius 3 is 2.50 bits per heavy atom. The van der Waals surface area contributed by atoms with E-state index in [-0.39, 0.29) is 17.4 Å². The SMILES string of the molecule is CC(=O)Nc1cccc(-c2cn(C(O)(O)c3ccc(-c4nnc(C(F)F)o4)cc3)nn2)c1. The normalized spacial score (nSPS) is 11.7. The Morgan fingerprint density at radius 2 is 1.84 bits per heavy atom. The van der Waals surface area contributed by atoms with Crippen molar-refractivity contribution in [1.29, 1.82) is 0 Å². The summed E-state index contributed by atoms with van der Waals surface area (Å²) in [5.41, 5.74) is 1.83. The predicted molar refractivity (Wildman–Crippen MR) is 106 cm³/mol. The van der Waals surface area contributed by atoms with Crippen molar-refractivity contribution in [3.05, 3.63) is 66.2 Å². The van der Waals surface area contributed by atoms with Gasteiger partial charge in [0, 0.05) is 29.3 Å². The van der Waals surface area contributed by atoms with E-state index in [4.69, 9.17) is 4.42 Å². The number of nitrogens with one attached hydrogen (secondary N) is 1.